The molecule has 4 heterocycles. The molecule has 0 saturated carbocycles. The van der Waals surface area contributed by atoms with E-state index in [1.807, 2.05) is 12.1 Å². The minimum Gasteiger partial charge on any atom is -0.449 e. The van der Waals surface area contributed by atoms with Gasteiger partial charge in [0.1, 0.15) is 11.8 Å². The molecule has 1 aromatic rings. The monoisotopic (exact) mass is 231 g/mol. The number of hydrogen-bond donors (Lipinski definition) is 1. The Morgan fingerprint density at radius 1 is 1.41 bits per heavy atom. The summed E-state index contributed by atoms with van der Waals surface area (Å²) in [4.78, 5) is 2.53. The number of hydrogen-bond acceptors (Lipinski definition) is 4. The van der Waals surface area contributed by atoms with Gasteiger partial charge in [-0.15, -0.1) is 0 Å². The highest BCUT2D eigenvalue weighted by molar-refractivity contribution is 5.19. The summed E-state index contributed by atoms with van der Waals surface area (Å²) in [6.07, 6.45) is 2.64. The highest BCUT2D eigenvalue weighted by Crippen LogP contribution is 2.27. The Morgan fingerprint density at radius 3 is 2.82 bits per heavy atom. The molecule has 0 aliphatic carbocycles. The van der Waals surface area contributed by atoms with E-state index in [0.717, 1.165) is 24.8 Å². The fourth-order valence-electron chi connectivity index (χ4n) is 2.96. The standard InChI is InChI=1S/C13H17N3O/c14-7-11-1-2-12(17-11)8-15-13-9-16-5-3-10(13)4-6-16/h1-2,10,13,15H,3-6,8-9H2. The molecule has 1 unspecified atom stereocenters. The molecule has 0 radical (unpaired) electrons. The van der Waals surface area contributed by atoms with Crippen molar-refractivity contribution >= 4 is 0 Å². The van der Waals surface area contributed by atoms with Gasteiger partial charge >= 0.3 is 0 Å². The molecule has 2 bridgehead atoms. The summed E-state index contributed by atoms with van der Waals surface area (Å²) in [5, 5.41) is 12.2. The Hall–Kier alpha value is -1.31. The summed E-state index contributed by atoms with van der Waals surface area (Å²) in [7, 11) is 0. The molecule has 4 rings (SSSR count). The molecular weight excluding hydrogens is 214 g/mol. The van der Waals surface area contributed by atoms with Crippen LogP contribution in [-0.2, 0) is 6.54 Å². The van der Waals surface area contributed by atoms with Crippen LogP contribution in [0.2, 0.25) is 0 Å². The van der Waals surface area contributed by atoms with Gasteiger partial charge < -0.3 is 14.6 Å². The first-order valence-electron chi connectivity index (χ1n) is 6.30. The smallest absolute Gasteiger partial charge is 0.203 e. The van der Waals surface area contributed by atoms with E-state index in [9.17, 15) is 0 Å². The highest BCUT2D eigenvalue weighted by Gasteiger charge is 2.33. The van der Waals surface area contributed by atoms with Gasteiger partial charge in [0.15, 0.2) is 0 Å². The van der Waals surface area contributed by atoms with Crippen molar-refractivity contribution < 1.29 is 4.42 Å². The molecule has 90 valence electrons. The first-order valence-corrected chi connectivity index (χ1v) is 6.30. The third-order valence-electron chi connectivity index (χ3n) is 3.97. The van der Waals surface area contributed by atoms with Gasteiger partial charge in [-0.25, -0.2) is 0 Å². The SMILES string of the molecule is N#Cc1ccc(CNC2CN3CCC2CC3)o1. The van der Waals surface area contributed by atoms with Gasteiger partial charge in [0.2, 0.25) is 5.76 Å². The minimum absolute atomic E-state index is 0.399. The summed E-state index contributed by atoms with van der Waals surface area (Å²) in [5.41, 5.74) is 0. The molecule has 3 fully saturated rings. The van der Waals surface area contributed by atoms with Gasteiger partial charge in [0.05, 0.1) is 6.54 Å². The van der Waals surface area contributed by atoms with Crippen LogP contribution in [0, 0.1) is 17.2 Å². The second-order valence-corrected chi connectivity index (χ2v) is 5.00. The van der Waals surface area contributed by atoms with Crippen LogP contribution in [0.4, 0.5) is 0 Å². The lowest BCUT2D eigenvalue weighted by Crippen LogP contribution is -2.55. The second-order valence-electron chi connectivity index (χ2n) is 5.00. The lowest BCUT2D eigenvalue weighted by molar-refractivity contribution is 0.0711. The number of nitrogens with one attached hydrogen (secondary N) is 1. The van der Waals surface area contributed by atoms with Crippen molar-refractivity contribution in [3.8, 4) is 6.07 Å². The fraction of sp³-hybridized carbons (Fsp3) is 0.615. The van der Waals surface area contributed by atoms with Crippen molar-refractivity contribution in [1.29, 1.82) is 5.26 Å². The van der Waals surface area contributed by atoms with Crippen molar-refractivity contribution in [2.45, 2.75) is 25.4 Å². The molecule has 3 saturated heterocycles. The Morgan fingerprint density at radius 2 is 2.24 bits per heavy atom. The van der Waals surface area contributed by atoms with E-state index in [1.165, 1.54) is 25.9 Å². The quantitative estimate of drug-likeness (QED) is 0.852. The molecular formula is C13H17N3O. The topological polar surface area (TPSA) is 52.2 Å². The van der Waals surface area contributed by atoms with Crippen LogP contribution in [0.1, 0.15) is 24.4 Å². The fourth-order valence-corrected chi connectivity index (χ4v) is 2.96. The number of fused-ring (bicyclic) bond motifs is 3. The third-order valence-corrected chi connectivity index (χ3v) is 3.97. The molecule has 0 aromatic carbocycles. The highest BCUT2D eigenvalue weighted by atomic mass is 16.3. The van der Waals surface area contributed by atoms with E-state index >= 15 is 0 Å². The van der Waals surface area contributed by atoms with Crippen molar-refractivity contribution in [3.63, 3.8) is 0 Å². The van der Waals surface area contributed by atoms with Gasteiger partial charge in [0.25, 0.3) is 0 Å². The summed E-state index contributed by atoms with van der Waals surface area (Å²) >= 11 is 0. The molecule has 1 aromatic heterocycles. The van der Waals surface area contributed by atoms with Crippen LogP contribution < -0.4 is 5.32 Å². The lowest BCUT2D eigenvalue weighted by Gasteiger charge is -2.45. The van der Waals surface area contributed by atoms with Crippen LogP contribution in [-0.4, -0.2) is 30.6 Å². The average Bonchev–Trinajstić information content (AvgIpc) is 2.86. The zero-order valence-electron chi connectivity index (χ0n) is 9.85. The van der Waals surface area contributed by atoms with Crippen LogP contribution in [0.3, 0.4) is 0 Å². The number of rotatable bonds is 3. The molecule has 1 atom stereocenters. The third kappa shape index (κ3) is 2.21. The van der Waals surface area contributed by atoms with Crippen LogP contribution >= 0.6 is 0 Å². The molecule has 17 heavy (non-hydrogen) atoms. The summed E-state index contributed by atoms with van der Waals surface area (Å²) in [6, 6.07) is 6.21. The molecule has 4 nitrogen and oxygen atoms in total. The normalized spacial score (nSPS) is 31.4. The molecule has 1 N–H and O–H groups in total. The van der Waals surface area contributed by atoms with Gasteiger partial charge in [-0.05, 0) is 44.0 Å². The van der Waals surface area contributed by atoms with Gasteiger partial charge in [-0.1, -0.05) is 0 Å². The van der Waals surface area contributed by atoms with Crippen molar-refractivity contribution in [2.24, 2.45) is 5.92 Å². The zero-order valence-corrected chi connectivity index (χ0v) is 9.85. The maximum atomic E-state index is 8.68. The summed E-state index contributed by atoms with van der Waals surface area (Å²) < 4.78 is 5.37. The van der Waals surface area contributed by atoms with Gasteiger partial charge in [-0.3, -0.25) is 0 Å². The first kappa shape index (κ1) is 10.8. The summed E-state index contributed by atoms with van der Waals surface area (Å²) in [6.45, 7) is 4.43. The average molecular weight is 231 g/mol. The molecule has 0 amide bonds. The number of piperidine rings is 3. The largest absolute Gasteiger partial charge is 0.449 e. The van der Waals surface area contributed by atoms with Crippen LogP contribution in [0.15, 0.2) is 16.5 Å². The molecule has 3 aliphatic rings. The Balaban J connectivity index is 1.56. The molecule has 4 heteroatoms. The van der Waals surface area contributed by atoms with Crippen molar-refractivity contribution in [1.82, 2.24) is 10.2 Å². The number of nitrogens with zero attached hydrogens (tertiary/aromatic N) is 2. The van der Waals surface area contributed by atoms with Crippen LogP contribution in [0.25, 0.3) is 0 Å². The maximum absolute atomic E-state index is 8.68. The van der Waals surface area contributed by atoms with Gasteiger partial charge in [0, 0.05) is 12.6 Å². The van der Waals surface area contributed by atoms with Crippen molar-refractivity contribution in [2.75, 3.05) is 19.6 Å². The Bertz CT molecular complexity index is 426. The van der Waals surface area contributed by atoms with E-state index in [2.05, 4.69) is 10.2 Å². The maximum Gasteiger partial charge on any atom is 0.203 e. The van der Waals surface area contributed by atoms with E-state index in [1.54, 1.807) is 6.07 Å². The predicted molar refractivity (Wildman–Crippen MR) is 63.2 cm³/mol. The lowest BCUT2D eigenvalue weighted by atomic mass is 9.84. The van der Waals surface area contributed by atoms with E-state index in [0.29, 0.717) is 11.8 Å². The second kappa shape index (κ2) is 4.52. The first-order chi connectivity index (χ1) is 8.35. The molecule has 0 spiro atoms. The van der Waals surface area contributed by atoms with Gasteiger partial charge in [-0.2, -0.15) is 5.26 Å². The predicted octanol–water partition coefficient (Wildman–Crippen LogP) is 1.34. The molecule has 3 aliphatic heterocycles. The number of furan rings is 1. The summed E-state index contributed by atoms with van der Waals surface area (Å²) in [5.74, 6) is 2.08. The zero-order chi connectivity index (χ0) is 11.7. The van der Waals surface area contributed by atoms with E-state index in [-0.39, 0.29) is 0 Å². The van der Waals surface area contributed by atoms with E-state index in [4.69, 9.17) is 9.68 Å². The van der Waals surface area contributed by atoms with Crippen LogP contribution in [0.5, 0.6) is 0 Å². The minimum atomic E-state index is 0.399. The van der Waals surface area contributed by atoms with E-state index < -0.39 is 0 Å². The van der Waals surface area contributed by atoms with Crippen molar-refractivity contribution in [3.05, 3.63) is 23.7 Å². The number of nitriles is 1. The Kier molecular flexibility index (Phi) is 2.87. The Labute approximate surface area is 101 Å².